The Morgan fingerprint density at radius 1 is 0.886 bits per heavy atom. The first-order valence-corrected chi connectivity index (χ1v) is 16.0. The summed E-state index contributed by atoms with van der Waals surface area (Å²) in [5, 5.41) is 6.45. The molecule has 8 nitrogen and oxygen atoms in total. The summed E-state index contributed by atoms with van der Waals surface area (Å²) in [4.78, 5) is 15.5. The Balaban J connectivity index is 0.00000442. The molecule has 0 aromatic heterocycles. The van der Waals surface area contributed by atoms with E-state index < -0.39 is 10.0 Å². The normalized spacial score (nSPS) is 13.9. The van der Waals surface area contributed by atoms with E-state index in [-0.39, 0.29) is 30.2 Å². The number of rotatable bonds is 10. The summed E-state index contributed by atoms with van der Waals surface area (Å²) in [5.41, 5.74) is 4.56. The first-order chi connectivity index (χ1) is 20.6. The summed E-state index contributed by atoms with van der Waals surface area (Å²) in [6.45, 7) is 4.63. The van der Waals surface area contributed by atoms with E-state index in [1.807, 2.05) is 37.3 Å². The zero-order valence-corrected chi connectivity index (χ0v) is 26.2. The molecule has 11 heteroatoms. The molecule has 0 aliphatic carbocycles. The molecular formula is C33H36ClFN4O4S. The Hall–Kier alpha value is -4.12. The van der Waals surface area contributed by atoms with Gasteiger partial charge >= 0.3 is 0 Å². The number of ether oxygens (including phenoxy) is 1. The number of sulfonamides is 1. The van der Waals surface area contributed by atoms with Crippen molar-refractivity contribution in [3.8, 4) is 11.5 Å². The van der Waals surface area contributed by atoms with Crippen molar-refractivity contribution in [2.24, 2.45) is 0 Å². The Labute approximate surface area is 264 Å². The van der Waals surface area contributed by atoms with Crippen molar-refractivity contribution in [1.29, 1.82) is 0 Å². The predicted octanol–water partition coefficient (Wildman–Crippen LogP) is 7.05. The van der Waals surface area contributed by atoms with Crippen molar-refractivity contribution in [2.75, 3.05) is 34.7 Å². The fourth-order valence-corrected chi connectivity index (χ4v) is 5.59. The van der Waals surface area contributed by atoms with E-state index in [0.29, 0.717) is 28.4 Å². The van der Waals surface area contributed by atoms with E-state index in [4.69, 9.17) is 4.74 Å². The quantitative estimate of drug-likeness (QED) is 0.172. The van der Waals surface area contributed by atoms with E-state index in [0.717, 1.165) is 50.0 Å². The van der Waals surface area contributed by atoms with E-state index in [9.17, 15) is 17.6 Å². The molecule has 1 amide bonds. The second-order valence-electron chi connectivity index (χ2n) is 10.8. The predicted molar refractivity (Wildman–Crippen MR) is 176 cm³/mol. The van der Waals surface area contributed by atoms with Gasteiger partial charge in [0, 0.05) is 42.7 Å². The average Bonchev–Trinajstić information content (AvgIpc) is 2.97. The fourth-order valence-electron chi connectivity index (χ4n) is 5.02. The van der Waals surface area contributed by atoms with Gasteiger partial charge in [0.05, 0.1) is 11.8 Å². The van der Waals surface area contributed by atoms with E-state index in [1.54, 1.807) is 36.4 Å². The van der Waals surface area contributed by atoms with Gasteiger partial charge in [-0.3, -0.25) is 14.4 Å². The molecule has 1 fully saturated rings. The molecule has 1 saturated heterocycles. The minimum Gasteiger partial charge on any atom is -0.457 e. The maximum absolute atomic E-state index is 13.3. The lowest BCUT2D eigenvalue weighted by Crippen LogP contribution is -2.39. The van der Waals surface area contributed by atoms with Crippen LogP contribution in [-0.4, -0.2) is 44.6 Å². The summed E-state index contributed by atoms with van der Waals surface area (Å²) < 4.78 is 44.4. The molecule has 0 radical (unpaired) electrons. The Bertz CT molecular complexity index is 1660. The molecule has 0 bridgehead atoms. The van der Waals surface area contributed by atoms with Gasteiger partial charge < -0.3 is 15.4 Å². The van der Waals surface area contributed by atoms with Gasteiger partial charge in [-0.15, -0.1) is 12.4 Å². The van der Waals surface area contributed by atoms with E-state index >= 15 is 0 Å². The molecule has 0 unspecified atom stereocenters. The van der Waals surface area contributed by atoms with Crippen LogP contribution in [0.25, 0.3) is 0 Å². The summed E-state index contributed by atoms with van der Waals surface area (Å²) in [6.07, 6.45) is 3.00. The van der Waals surface area contributed by atoms with Crippen LogP contribution in [0.2, 0.25) is 0 Å². The van der Waals surface area contributed by atoms with E-state index in [1.165, 1.54) is 17.7 Å². The third-order valence-corrected chi connectivity index (χ3v) is 7.80. The number of carbonyl (C=O) groups excluding carboxylic acids is 1. The summed E-state index contributed by atoms with van der Waals surface area (Å²) in [6, 6.07) is 26.5. The maximum atomic E-state index is 13.3. The lowest BCUT2D eigenvalue weighted by molar-refractivity contribution is 0.102. The third kappa shape index (κ3) is 9.44. The van der Waals surface area contributed by atoms with Gasteiger partial charge in [-0.1, -0.05) is 23.8 Å². The molecule has 44 heavy (non-hydrogen) atoms. The van der Waals surface area contributed by atoms with Gasteiger partial charge in [-0.2, -0.15) is 0 Å². The number of carbonyl (C=O) groups is 1. The number of nitrogens with one attached hydrogen (secondary N) is 3. The molecule has 1 aliphatic rings. The van der Waals surface area contributed by atoms with Crippen LogP contribution in [0.5, 0.6) is 11.5 Å². The van der Waals surface area contributed by atoms with Crippen molar-refractivity contribution < 1.29 is 22.3 Å². The van der Waals surface area contributed by atoms with Crippen LogP contribution in [0.1, 0.15) is 34.3 Å². The Kier molecular flexibility index (Phi) is 10.9. The van der Waals surface area contributed by atoms with E-state index in [2.05, 4.69) is 32.4 Å². The average molecular weight is 639 g/mol. The molecule has 4 aromatic rings. The highest BCUT2D eigenvalue weighted by Gasteiger charge is 2.21. The van der Waals surface area contributed by atoms with Gasteiger partial charge in [-0.25, -0.2) is 12.8 Å². The number of halogens is 2. The monoisotopic (exact) mass is 638 g/mol. The van der Waals surface area contributed by atoms with Crippen LogP contribution in [-0.2, 0) is 16.6 Å². The van der Waals surface area contributed by atoms with Crippen molar-refractivity contribution in [2.45, 2.75) is 32.4 Å². The highest BCUT2D eigenvalue weighted by atomic mass is 35.5. The summed E-state index contributed by atoms with van der Waals surface area (Å²) in [7, 11) is -3.32. The van der Waals surface area contributed by atoms with Crippen molar-refractivity contribution in [1.82, 2.24) is 4.90 Å². The molecule has 0 atom stereocenters. The first-order valence-electron chi connectivity index (χ1n) is 14.1. The largest absolute Gasteiger partial charge is 0.457 e. The number of hydrogen-bond acceptors (Lipinski definition) is 6. The number of anilines is 3. The lowest BCUT2D eigenvalue weighted by atomic mass is 10.0. The molecule has 232 valence electrons. The van der Waals surface area contributed by atoms with Gasteiger partial charge in [0.2, 0.25) is 10.0 Å². The molecule has 5 rings (SSSR count). The number of piperidine rings is 1. The molecule has 1 aliphatic heterocycles. The number of amides is 1. The van der Waals surface area contributed by atoms with Crippen molar-refractivity contribution in [3.05, 3.63) is 114 Å². The Morgan fingerprint density at radius 3 is 2.09 bits per heavy atom. The fraction of sp³-hybridized carbons (Fsp3) is 0.242. The first kappa shape index (κ1) is 32.8. The smallest absolute Gasteiger partial charge is 0.257 e. The Morgan fingerprint density at radius 2 is 1.48 bits per heavy atom. The SMILES string of the molecule is Cc1ccc(NC2CCN(Cc3ccc(Oc4ccc(NS(C)(=O)=O)cc4)cc3)CC2)c(C(=O)Nc2ccc(F)cc2)c1.Cl. The van der Waals surface area contributed by atoms with Crippen LogP contribution in [0.3, 0.4) is 0 Å². The van der Waals surface area contributed by atoms with Gasteiger partial charge in [0.1, 0.15) is 17.3 Å². The minimum absolute atomic E-state index is 0. The highest BCUT2D eigenvalue weighted by Crippen LogP contribution is 2.26. The molecule has 0 saturated carbocycles. The standard InChI is InChI=1S/C33H35FN4O4S.ClH/c1-23-3-16-32(31(21-23)33(39)36-26-8-6-25(34)7-9-26)35-27-17-19-38(20-18-27)22-24-4-12-29(13-5-24)42-30-14-10-28(11-15-30)37-43(2,40)41;/h3-16,21,27,35,37H,17-20,22H2,1-2H3,(H,36,39);1H. The topological polar surface area (TPSA) is 99.8 Å². The zero-order valence-electron chi connectivity index (χ0n) is 24.5. The minimum atomic E-state index is -3.32. The lowest BCUT2D eigenvalue weighted by Gasteiger charge is -2.33. The molecular weight excluding hydrogens is 603 g/mol. The number of aryl methyl sites for hydroxylation is 1. The van der Waals surface area contributed by atoms with Gasteiger partial charge in [0.25, 0.3) is 5.91 Å². The van der Waals surface area contributed by atoms with Crippen molar-refractivity contribution >= 4 is 45.4 Å². The third-order valence-electron chi connectivity index (χ3n) is 7.19. The number of likely N-dealkylation sites (tertiary alicyclic amines) is 1. The van der Waals surface area contributed by atoms with Crippen LogP contribution in [0.4, 0.5) is 21.5 Å². The molecule has 0 spiro atoms. The summed E-state index contributed by atoms with van der Waals surface area (Å²) in [5.74, 6) is 0.738. The van der Waals surface area contributed by atoms with Crippen LogP contribution < -0.4 is 20.1 Å². The number of nitrogens with zero attached hydrogens (tertiary/aromatic N) is 1. The molecule has 3 N–H and O–H groups in total. The maximum Gasteiger partial charge on any atom is 0.257 e. The number of hydrogen-bond donors (Lipinski definition) is 3. The summed E-state index contributed by atoms with van der Waals surface area (Å²) >= 11 is 0. The highest BCUT2D eigenvalue weighted by molar-refractivity contribution is 7.92. The van der Waals surface area contributed by atoms with Crippen LogP contribution in [0.15, 0.2) is 91.0 Å². The zero-order chi connectivity index (χ0) is 30.4. The van der Waals surface area contributed by atoms with Gasteiger partial charge in [-0.05, 0) is 98.1 Å². The second kappa shape index (κ2) is 14.6. The van der Waals surface area contributed by atoms with Crippen LogP contribution in [0, 0.1) is 12.7 Å². The van der Waals surface area contributed by atoms with Crippen LogP contribution >= 0.6 is 12.4 Å². The molecule has 1 heterocycles. The van der Waals surface area contributed by atoms with Gasteiger partial charge in [0.15, 0.2) is 0 Å². The number of benzene rings is 4. The molecule has 4 aromatic carbocycles. The van der Waals surface area contributed by atoms with Crippen molar-refractivity contribution in [3.63, 3.8) is 0 Å². The second-order valence-corrected chi connectivity index (χ2v) is 12.6.